The molecule has 3 rings (SSSR count). The summed E-state index contributed by atoms with van der Waals surface area (Å²) in [5.74, 6) is 0.564. The number of hydrogen-bond acceptors (Lipinski definition) is 1. The van der Waals surface area contributed by atoms with E-state index < -0.39 is 6.10 Å². The molecular formula is C14H16FNO. The molecule has 0 amide bonds. The van der Waals surface area contributed by atoms with Gasteiger partial charge in [-0.25, -0.2) is 4.39 Å². The van der Waals surface area contributed by atoms with Gasteiger partial charge in [0.2, 0.25) is 0 Å². The standard InChI is InChI=1S/C14H16FNO/c15-12-8-16-13-5-4-10(7-11(12)13)14(17)6-3-9-1-2-9/h4-5,7-9,14,16-17H,1-3,6H2/t14-/m0/s1. The molecular weight excluding hydrogens is 217 g/mol. The lowest BCUT2D eigenvalue weighted by atomic mass is 10.0. The fourth-order valence-corrected chi connectivity index (χ4v) is 2.28. The van der Waals surface area contributed by atoms with Crippen molar-refractivity contribution in [1.82, 2.24) is 4.98 Å². The number of aromatic nitrogens is 1. The molecule has 1 saturated carbocycles. The largest absolute Gasteiger partial charge is 0.388 e. The van der Waals surface area contributed by atoms with E-state index in [0.717, 1.165) is 29.8 Å². The molecule has 2 nitrogen and oxygen atoms in total. The van der Waals surface area contributed by atoms with Crippen molar-refractivity contribution in [1.29, 1.82) is 0 Å². The van der Waals surface area contributed by atoms with Crippen LogP contribution >= 0.6 is 0 Å². The molecule has 1 aliphatic carbocycles. The van der Waals surface area contributed by atoms with E-state index in [1.807, 2.05) is 12.1 Å². The smallest absolute Gasteiger partial charge is 0.148 e. The Morgan fingerprint density at radius 2 is 2.24 bits per heavy atom. The van der Waals surface area contributed by atoms with Crippen molar-refractivity contribution in [3.63, 3.8) is 0 Å². The summed E-state index contributed by atoms with van der Waals surface area (Å²) in [6, 6.07) is 5.45. The summed E-state index contributed by atoms with van der Waals surface area (Å²) in [5.41, 5.74) is 1.59. The highest BCUT2D eigenvalue weighted by molar-refractivity contribution is 5.80. The minimum absolute atomic E-state index is 0.253. The Morgan fingerprint density at radius 3 is 3.00 bits per heavy atom. The lowest BCUT2D eigenvalue weighted by Crippen LogP contribution is -1.97. The zero-order valence-corrected chi connectivity index (χ0v) is 9.62. The van der Waals surface area contributed by atoms with E-state index in [1.165, 1.54) is 19.0 Å². The highest BCUT2D eigenvalue weighted by Gasteiger charge is 2.22. The van der Waals surface area contributed by atoms with Gasteiger partial charge < -0.3 is 10.1 Å². The summed E-state index contributed by atoms with van der Waals surface area (Å²) >= 11 is 0. The van der Waals surface area contributed by atoms with Crippen LogP contribution in [-0.4, -0.2) is 10.1 Å². The van der Waals surface area contributed by atoms with E-state index in [-0.39, 0.29) is 5.82 Å². The zero-order chi connectivity index (χ0) is 11.8. The topological polar surface area (TPSA) is 36.0 Å². The maximum absolute atomic E-state index is 13.4. The molecule has 1 atom stereocenters. The Labute approximate surface area is 99.5 Å². The Bertz CT molecular complexity index is 530. The van der Waals surface area contributed by atoms with Crippen molar-refractivity contribution in [2.24, 2.45) is 5.92 Å². The van der Waals surface area contributed by atoms with Crippen LogP contribution in [0.5, 0.6) is 0 Å². The highest BCUT2D eigenvalue weighted by Crippen LogP contribution is 2.36. The average Bonchev–Trinajstić information content (AvgIpc) is 3.11. The van der Waals surface area contributed by atoms with Crippen LogP contribution in [0.4, 0.5) is 4.39 Å². The van der Waals surface area contributed by atoms with Gasteiger partial charge in [0.25, 0.3) is 0 Å². The van der Waals surface area contributed by atoms with Gasteiger partial charge in [0.05, 0.1) is 6.10 Å². The van der Waals surface area contributed by atoms with Crippen molar-refractivity contribution in [2.45, 2.75) is 31.8 Å². The van der Waals surface area contributed by atoms with Gasteiger partial charge in [0.15, 0.2) is 0 Å². The lowest BCUT2D eigenvalue weighted by molar-refractivity contribution is 0.162. The van der Waals surface area contributed by atoms with Crippen LogP contribution < -0.4 is 0 Å². The van der Waals surface area contributed by atoms with Crippen LogP contribution in [0.25, 0.3) is 10.9 Å². The quantitative estimate of drug-likeness (QED) is 0.832. The van der Waals surface area contributed by atoms with Gasteiger partial charge in [0, 0.05) is 17.1 Å². The van der Waals surface area contributed by atoms with E-state index in [4.69, 9.17) is 0 Å². The Kier molecular flexibility index (Phi) is 2.63. The first-order valence-electron chi connectivity index (χ1n) is 6.18. The maximum atomic E-state index is 13.4. The summed E-state index contributed by atoms with van der Waals surface area (Å²) in [5, 5.41) is 10.6. The van der Waals surface area contributed by atoms with Gasteiger partial charge in [-0.1, -0.05) is 18.9 Å². The van der Waals surface area contributed by atoms with Crippen LogP contribution in [0, 0.1) is 11.7 Å². The summed E-state index contributed by atoms with van der Waals surface area (Å²) in [6.45, 7) is 0. The van der Waals surface area contributed by atoms with Crippen molar-refractivity contribution in [3.05, 3.63) is 35.8 Å². The number of aliphatic hydroxyl groups excluding tert-OH is 1. The van der Waals surface area contributed by atoms with Crippen LogP contribution in [-0.2, 0) is 0 Å². The van der Waals surface area contributed by atoms with Crippen molar-refractivity contribution in [3.8, 4) is 0 Å². The van der Waals surface area contributed by atoms with E-state index >= 15 is 0 Å². The molecule has 1 fully saturated rings. The van der Waals surface area contributed by atoms with Gasteiger partial charge >= 0.3 is 0 Å². The molecule has 0 unspecified atom stereocenters. The second-order valence-electron chi connectivity index (χ2n) is 4.98. The first kappa shape index (κ1) is 10.8. The molecule has 90 valence electrons. The van der Waals surface area contributed by atoms with Crippen molar-refractivity contribution >= 4 is 10.9 Å². The van der Waals surface area contributed by atoms with E-state index in [2.05, 4.69) is 4.98 Å². The molecule has 0 saturated heterocycles. The number of halogens is 1. The van der Waals surface area contributed by atoms with Gasteiger partial charge in [-0.15, -0.1) is 0 Å². The van der Waals surface area contributed by atoms with E-state index in [1.54, 1.807) is 6.07 Å². The van der Waals surface area contributed by atoms with Gasteiger partial charge in [-0.05, 0) is 36.5 Å². The second kappa shape index (κ2) is 4.15. The van der Waals surface area contributed by atoms with Gasteiger partial charge in [-0.3, -0.25) is 0 Å². The van der Waals surface area contributed by atoms with E-state index in [0.29, 0.717) is 5.39 Å². The first-order valence-corrected chi connectivity index (χ1v) is 6.18. The Hall–Kier alpha value is -1.35. The second-order valence-corrected chi connectivity index (χ2v) is 4.98. The number of nitrogens with one attached hydrogen (secondary N) is 1. The number of aromatic amines is 1. The predicted molar refractivity (Wildman–Crippen MR) is 65.2 cm³/mol. The molecule has 1 aromatic heterocycles. The third-order valence-corrected chi connectivity index (χ3v) is 3.59. The highest BCUT2D eigenvalue weighted by atomic mass is 19.1. The van der Waals surface area contributed by atoms with E-state index in [9.17, 15) is 9.50 Å². The monoisotopic (exact) mass is 233 g/mol. The summed E-state index contributed by atoms with van der Waals surface area (Å²) in [7, 11) is 0. The Morgan fingerprint density at radius 1 is 1.41 bits per heavy atom. The normalized spacial score (nSPS) is 17.5. The number of aliphatic hydroxyl groups is 1. The third-order valence-electron chi connectivity index (χ3n) is 3.59. The SMILES string of the molecule is O[C@@H](CCC1CC1)c1ccc2[nH]cc(F)c2c1. The summed E-state index contributed by atoms with van der Waals surface area (Å²) < 4.78 is 13.4. The summed E-state index contributed by atoms with van der Waals surface area (Å²) in [4.78, 5) is 2.86. The zero-order valence-electron chi connectivity index (χ0n) is 9.62. The molecule has 0 bridgehead atoms. The van der Waals surface area contributed by atoms with Crippen LogP contribution in [0.1, 0.15) is 37.4 Å². The van der Waals surface area contributed by atoms with Gasteiger partial charge in [0.1, 0.15) is 5.82 Å². The Balaban J connectivity index is 1.80. The molecule has 2 aromatic rings. The molecule has 3 heteroatoms. The molecule has 1 aliphatic rings. The molecule has 0 radical (unpaired) electrons. The van der Waals surface area contributed by atoms with Gasteiger partial charge in [-0.2, -0.15) is 0 Å². The maximum Gasteiger partial charge on any atom is 0.148 e. The molecule has 2 N–H and O–H groups in total. The average molecular weight is 233 g/mol. The number of hydrogen-bond donors (Lipinski definition) is 2. The minimum atomic E-state index is -0.464. The predicted octanol–water partition coefficient (Wildman–Crippen LogP) is 3.53. The fourth-order valence-electron chi connectivity index (χ4n) is 2.28. The molecule has 1 aromatic carbocycles. The molecule has 17 heavy (non-hydrogen) atoms. The van der Waals surface area contributed by atoms with Crippen LogP contribution in [0.15, 0.2) is 24.4 Å². The van der Waals surface area contributed by atoms with Crippen LogP contribution in [0.2, 0.25) is 0 Å². The van der Waals surface area contributed by atoms with Crippen molar-refractivity contribution in [2.75, 3.05) is 0 Å². The molecule has 0 spiro atoms. The number of benzene rings is 1. The molecule has 0 aliphatic heterocycles. The molecule has 1 heterocycles. The number of fused-ring (bicyclic) bond motifs is 1. The lowest BCUT2D eigenvalue weighted by Gasteiger charge is -2.10. The summed E-state index contributed by atoms with van der Waals surface area (Å²) in [6.07, 6.45) is 5.35. The number of rotatable bonds is 4. The van der Waals surface area contributed by atoms with Crippen LogP contribution in [0.3, 0.4) is 0 Å². The third kappa shape index (κ3) is 2.20. The first-order chi connectivity index (χ1) is 8.24. The minimum Gasteiger partial charge on any atom is -0.388 e. The van der Waals surface area contributed by atoms with Crippen molar-refractivity contribution < 1.29 is 9.50 Å². The number of H-pyrrole nitrogens is 1. The fraction of sp³-hybridized carbons (Fsp3) is 0.429.